The quantitative estimate of drug-likeness (QED) is 0.222. The molecule has 0 aromatic heterocycles. The molecule has 1 aliphatic rings. The molecule has 10 heteroatoms. The highest BCUT2D eigenvalue weighted by Gasteiger charge is 2.36. The molecule has 168 valence electrons. The van der Waals surface area contributed by atoms with Crippen molar-refractivity contribution in [2.75, 3.05) is 13.2 Å². The lowest BCUT2D eigenvalue weighted by molar-refractivity contribution is -0.0976. The van der Waals surface area contributed by atoms with E-state index in [1.165, 1.54) is 0 Å². The molecule has 2 aromatic carbocycles. The van der Waals surface area contributed by atoms with E-state index in [-0.39, 0.29) is 19.0 Å². The van der Waals surface area contributed by atoms with Gasteiger partial charge in [0.25, 0.3) is 11.8 Å². The Balaban J connectivity index is 1.50. The highest BCUT2D eigenvalue weighted by Crippen LogP contribution is 2.22. The molecule has 0 radical (unpaired) electrons. The van der Waals surface area contributed by atoms with Crippen molar-refractivity contribution in [2.24, 2.45) is 10.8 Å². The van der Waals surface area contributed by atoms with E-state index in [9.17, 15) is 14.4 Å². The summed E-state index contributed by atoms with van der Waals surface area (Å²) in [6.45, 7) is 5.25. The first-order valence-corrected chi connectivity index (χ1v) is 9.82. The Kier molecular flexibility index (Phi) is 6.74. The largest absolute Gasteiger partial charge is 0.491 e. The van der Waals surface area contributed by atoms with E-state index >= 15 is 0 Å². The van der Waals surface area contributed by atoms with Gasteiger partial charge in [-0.25, -0.2) is 10.2 Å². The third-order valence-corrected chi connectivity index (χ3v) is 4.13. The van der Waals surface area contributed by atoms with Crippen LogP contribution in [0.15, 0.2) is 53.6 Å². The number of hydroxylamine groups is 2. The molecule has 3 N–H and O–H groups in total. The third kappa shape index (κ3) is 5.61. The number of hydrogen-bond donors (Lipinski definition) is 2. The third-order valence-electron chi connectivity index (χ3n) is 4.13. The van der Waals surface area contributed by atoms with Gasteiger partial charge in [-0.15, -0.1) is 5.06 Å². The normalized spacial score (nSPS) is 13.7. The van der Waals surface area contributed by atoms with E-state index < -0.39 is 23.5 Å². The number of fused-ring (bicyclic) bond motifs is 1. The van der Waals surface area contributed by atoms with Gasteiger partial charge in [0.15, 0.2) is 5.84 Å². The zero-order valence-corrected chi connectivity index (χ0v) is 18.0. The summed E-state index contributed by atoms with van der Waals surface area (Å²) in [5.41, 5.74) is 8.60. The minimum Gasteiger partial charge on any atom is -0.491 e. The molecule has 0 saturated carbocycles. The standard InChI is InChI=1S/C22H24N4O6/c1-22(2,3)32-21(29)25-24-18(23)14-7-6-8-15(13-14)30-11-12-31-26-19(27)16-9-4-5-10-17(16)20(26)28/h4-10,13H,11-12H2,1-3H3,(H2,23,24)(H,25,29). The van der Waals surface area contributed by atoms with Gasteiger partial charge in [-0.3, -0.25) is 14.4 Å². The van der Waals surface area contributed by atoms with Gasteiger partial charge in [0.2, 0.25) is 0 Å². The van der Waals surface area contributed by atoms with Crippen LogP contribution in [0.2, 0.25) is 0 Å². The molecule has 1 aliphatic heterocycles. The summed E-state index contributed by atoms with van der Waals surface area (Å²) < 4.78 is 10.7. The number of nitrogens with two attached hydrogens (primary N) is 1. The number of nitrogens with zero attached hydrogens (tertiary/aromatic N) is 2. The molecule has 0 bridgehead atoms. The minimum atomic E-state index is -0.724. The number of rotatable bonds is 7. The number of carbonyl (C=O) groups excluding carboxylic acids is 3. The first-order chi connectivity index (χ1) is 15.2. The molecule has 2 aromatic rings. The summed E-state index contributed by atoms with van der Waals surface area (Å²) in [7, 11) is 0. The van der Waals surface area contributed by atoms with Crippen molar-refractivity contribution in [1.82, 2.24) is 10.5 Å². The van der Waals surface area contributed by atoms with Gasteiger partial charge in [0.1, 0.15) is 24.6 Å². The molecule has 0 spiro atoms. The monoisotopic (exact) mass is 440 g/mol. The molecule has 10 nitrogen and oxygen atoms in total. The Morgan fingerprint density at radius 2 is 1.69 bits per heavy atom. The maximum absolute atomic E-state index is 12.3. The van der Waals surface area contributed by atoms with Gasteiger partial charge < -0.3 is 15.2 Å². The summed E-state index contributed by atoms with van der Waals surface area (Å²) in [6.07, 6.45) is -0.724. The molecule has 3 rings (SSSR count). The fourth-order valence-electron chi connectivity index (χ4n) is 2.79. The molecule has 0 saturated heterocycles. The van der Waals surface area contributed by atoms with Crippen LogP contribution in [0.4, 0.5) is 4.79 Å². The second-order valence-electron chi connectivity index (χ2n) is 7.77. The van der Waals surface area contributed by atoms with Crippen LogP contribution in [0.1, 0.15) is 47.1 Å². The second kappa shape index (κ2) is 9.48. The van der Waals surface area contributed by atoms with Gasteiger partial charge in [-0.05, 0) is 45.0 Å². The van der Waals surface area contributed by atoms with E-state index in [1.54, 1.807) is 69.3 Å². The predicted molar refractivity (Wildman–Crippen MR) is 115 cm³/mol. The topological polar surface area (TPSA) is 133 Å². The molecule has 0 unspecified atom stereocenters. The SMILES string of the molecule is CC(C)(C)OC(=O)N/N=C(\N)c1cccc(OCCON2C(=O)c3ccccc3C2=O)c1. The number of nitrogens with one attached hydrogen (secondary N) is 1. The van der Waals surface area contributed by atoms with Crippen LogP contribution in [0, 0.1) is 0 Å². The number of amides is 3. The first-order valence-electron chi connectivity index (χ1n) is 9.82. The highest BCUT2D eigenvalue weighted by atomic mass is 16.7. The van der Waals surface area contributed by atoms with E-state index in [2.05, 4.69) is 10.5 Å². The smallest absolute Gasteiger partial charge is 0.428 e. The number of ether oxygens (including phenoxy) is 2. The summed E-state index contributed by atoms with van der Waals surface area (Å²) in [4.78, 5) is 41.5. The van der Waals surface area contributed by atoms with E-state index in [0.717, 1.165) is 5.06 Å². The van der Waals surface area contributed by atoms with Crippen LogP contribution < -0.4 is 15.9 Å². The predicted octanol–water partition coefficient (Wildman–Crippen LogP) is 2.44. The van der Waals surface area contributed by atoms with Crippen LogP contribution in [0.5, 0.6) is 5.75 Å². The molecule has 0 atom stereocenters. The second-order valence-corrected chi connectivity index (χ2v) is 7.77. The number of benzene rings is 2. The lowest BCUT2D eigenvalue weighted by atomic mass is 10.1. The zero-order valence-electron chi connectivity index (χ0n) is 18.0. The Labute approximate surface area is 184 Å². The van der Waals surface area contributed by atoms with E-state index in [4.69, 9.17) is 20.0 Å². The Morgan fingerprint density at radius 3 is 2.31 bits per heavy atom. The van der Waals surface area contributed by atoms with Crippen molar-refractivity contribution in [3.8, 4) is 5.75 Å². The van der Waals surface area contributed by atoms with Crippen LogP contribution in [-0.4, -0.2) is 47.6 Å². The van der Waals surface area contributed by atoms with Gasteiger partial charge in [0, 0.05) is 5.56 Å². The Hall–Kier alpha value is -3.92. The van der Waals surface area contributed by atoms with Crippen LogP contribution in [0.3, 0.4) is 0 Å². The van der Waals surface area contributed by atoms with Crippen molar-refractivity contribution in [3.05, 3.63) is 65.2 Å². The minimum absolute atomic E-state index is 0.0283. The molecule has 3 amide bonds. The number of hydrogen-bond acceptors (Lipinski definition) is 7. The molecule has 1 heterocycles. The van der Waals surface area contributed by atoms with Crippen LogP contribution in [-0.2, 0) is 9.57 Å². The fourth-order valence-corrected chi connectivity index (χ4v) is 2.79. The van der Waals surface area contributed by atoms with Crippen molar-refractivity contribution >= 4 is 23.7 Å². The van der Waals surface area contributed by atoms with Gasteiger partial charge in [-0.1, -0.05) is 24.3 Å². The Morgan fingerprint density at radius 1 is 1.03 bits per heavy atom. The van der Waals surface area contributed by atoms with Crippen molar-refractivity contribution in [3.63, 3.8) is 0 Å². The average molecular weight is 440 g/mol. The molecular formula is C22H24N4O6. The van der Waals surface area contributed by atoms with E-state index in [1.807, 2.05) is 0 Å². The molecule has 0 fully saturated rings. The summed E-state index contributed by atoms with van der Waals surface area (Å²) in [5, 5.41) is 4.55. The lowest BCUT2D eigenvalue weighted by Gasteiger charge is -2.18. The van der Waals surface area contributed by atoms with E-state index in [0.29, 0.717) is 22.4 Å². The highest BCUT2D eigenvalue weighted by molar-refractivity contribution is 6.20. The van der Waals surface area contributed by atoms with Gasteiger partial charge >= 0.3 is 6.09 Å². The van der Waals surface area contributed by atoms with Crippen molar-refractivity contribution < 1.29 is 28.7 Å². The summed E-state index contributed by atoms with van der Waals surface area (Å²) >= 11 is 0. The maximum Gasteiger partial charge on any atom is 0.428 e. The Bertz CT molecular complexity index is 1030. The van der Waals surface area contributed by atoms with Crippen molar-refractivity contribution in [1.29, 1.82) is 0 Å². The first kappa shape index (κ1) is 22.8. The zero-order chi connectivity index (χ0) is 23.3. The summed E-state index contributed by atoms with van der Waals surface area (Å²) in [5.74, 6) is -0.490. The lowest BCUT2D eigenvalue weighted by Crippen LogP contribution is -2.31. The summed E-state index contributed by atoms with van der Waals surface area (Å²) in [6, 6.07) is 13.2. The molecule has 0 aliphatic carbocycles. The van der Waals surface area contributed by atoms with Crippen LogP contribution >= 0.6 is 0 Å². The fraction of sp³-hybridized carbons (Fsp3) is 0.273. The average Bonchev–Trinajstić information content (AvgIpc) is 2.99. The number of hydrazone groups is 1. The van der Waals surface area contributed by atoms with Crippen molar-refractivity contribution in [2.45, 2.75) is 26.4 Å². The van der Waals surface area contributed by atoms with Gasteiger partial charge in [0.05, 0.1) is 11.1 Å². The number of carbonyl (C=O) groups is 3. The molecule has 32 heavy (non-hydrogen) atoms. The maximum atomic E-state index is 12.3. The van der Waals surface area contributed by atoms with Gasteiger partial charge in [-0.2, -0.15) is 5.10 Å². The number of amidine groups is 1. The number of imide groups is 1. The molecular weight excluding hydrogens is 416 g/mol. The van der Waals surface area contributed by atoms with Crippen LogP contribution in [0.25, 0.3) is 0 Å².